The van der Waals surface area contributed by atoms with Gasteiger partial charge in [-0.25, -0.2) is 9.78 Å². The lowest BCUT2D eigenvalue weighted by atomic mass is 10.1. The lowest BCUT2D eigenvalue weighted by Crippen LogP contribution is -2.21. The molecule has 0 spiro atoms. The van der Waals surface area contributed by atoms with Crippen LogP contribution in [0.25, 0.3) is 0 Å². The molecule has 0 radical (unpaired) electrons. The predicted octanol–water partition coefficient (Wildman–Crippen LogP) is 4.05. The molecule has 0 bridgehead atoms. The fourth-order valence-electron chi connectivity index (χ4n) is 2.02. The molecule has 2 aromatic heterocycles. The molecule has 0 aliphatic heterocycles. The number of anilines is 2. The molecule has 0 saturated heterocycles. The number of hydrogen-bond donors (Lipinski definition) is 2. The van der Waals surface area contributed by atoms with E-state index in [4.69, 9.17) is 17.0 Å². The van der Waals surface area contributed by atoms with Gasteiger partial charge in [0.15, 0.2) is 5.11 Å². The summed E-state index contributed by atoms with van der Waals surface area (Å²) in [6.07, 6.45) is 1.71. The molecular formula is C16H19N3O2S2. The predicted molar refractivity (Wildman–Crippen MR) is 98.6 cm³/mol. The normalized spacial score (nSPS) is 10.3. The molecule has 0 aliphatic carbocycles. The topological polar surface area (TPSA) is 63.2 Å². The van der Waals surface area contributed by atoms with Gasteiger partial charge in [0.05, 0.1) is 12.2 Å². The summed E-state index contributed by atoms with van der Waals surface area (Å²) in [6, 6.07) is 3.80. The Labute approximate surface area is 145 Å². The van der Waals surface area contributed by atoms with Crippen molar-refractivity contribution >= 4 is 45.5 Å². The molecule has 5 nitrogen and oxygen atoms in total. The van der Waals surface area contributed by atoms with Gasteiger partial charge >= 0.3 is 5.97 Å². The molecule has 2 rings (SSSR count). The van der Waals surface area contributed by atoms with E-state index in [-0.39, 0.29) is 5.97 Å². The zero-order valence-electron chi connectivity index (χ0n) is 13.5. The van der Waals surface area contributed by atoms with Crippen molar-refractivity contribution in [2.75, 3.05) is 17.2 Å². The summed E-state index contributed by atoms with van der Waals surface area (Å²) < 4.78 is 5.13. The number of rotatable bonds is 4. The largest absolute Gasteiger partial charge is 0.462 e. The third-order valence-electron chi connectivity index (χ3n) is 3.25. The first kappa shape index (κ1) is 17.4. The maximum absolute atomic E-state index is 12.2. The van der Waals surface area contributed by atoms with Crippen molar-refractivity contribution in [2.24, 2.45) is 0 Å². The van der Waals surface area contributed by atoms with Crippen LogP contribution >= 0.6 is 23.6 Å². The number of esters is 1. The van der Waals surface area contributed by atoms with Gasteiger partial charge in [0, 0.05) is 11.1 Å². The van der Waals surface area contributed by atoms with E-state index in [0.29, 0.717) is 28.1 Å². The summed E-state index contributed by atoms with van der Waals surface area (Å²) in [5, 5.41) is 7.17. The van der Waals surface area contributed by atoms with E-state index in [0.717, 1.165) is 16.0 Å². The molecule has 0 unspecified atom stereocenters. The van der Waals surface area contributed by atoms with Crippen molar-refractivity contribution in [3.05, 3.63) is 39.9 Å². The van der Waals surface area contributed by atoms with Gasteiger partial charge in [0.2, 0.25) is 0 Å². The van der Waals surface area contributed by atoms with Crippen molar-refractivity contribution in [3.8, 4) is 0 Å². The number of hydrogen-bond acceptors (Lipinski definition) is 5. The van der Waals surface area contributed by atoms with Crippen LogP contribution in [0, 0.1) is 20.8 Å². The van der Waals surface area contributed by atoms with E-state index in [2.05, 4.69) is 15.6 Å². The quantitative estimate of drug-likeness (QED) is 0.641. The first-order valence-corrected chi connectivity index (χ1v) is 8.42. The highest BCUT2D eigenvalue weighted by atomic mass is 32.1. The Morgan fingerprint density at radius 1 is 1.35 bits per heavy atom. The average molecular weight is 349 g/mol. The van der Waals surface area contributed by atoms with Crippen LogP contribution in [-0.4, -0.2) is 22.7 Å². The zero-order valence-corrected chi connectivity index (χ0v) is 15.2. The minimum Gasteiger partial charge on any atom is -0.462 e. The highest BCUT2D eigenvalue weighted by molar-refractivity contribution is 7.80. The maximum Gasteiger partial charge on any atom is 0.341 e. The van der Waals surface area contributed by atoms with Crippen LogP contribution < -0.4 is 10.6 Å². The Morgan fingerprint density at radius 2 is 2.09 bits per heavy atom. The average Bonchev–Trinajstić information content (AvgIpc) is 2.73. The van der Waals surface area contributed by atoms with Gasteiger partial charge in [0.1, 0.15) is 10.8 Å². The number of carbonyl (C=O) groups is 1. The number of thiocarbonyl (C=S) groups is 1. The molecule has 0 aliphatic rings. The molecule has 0 saturated carbocycles. The Kier molecular flexibility index (Phi) is 5.68. The zero-order chi connectivity index (χ0) is 17.0. The summed E-state index contributed by atoms with van der Waals surface area (Å²) in [5.41, 5.74) is 2.53. The smallest absolute Gasteiger partial charge is 0.341 e. The summed E-state index contributed by atoms with van der Waals surface area (Å²) in [7, 11) is 0. The first-order valence-electron chi connectivity index (χ1n) is 7.20. The van der Waals surface area contributed by atoms with Crippen LogP contribution in [0.4, 0.5) is 10.8 Å². The van der Waals surface area contributed by atoms with Crippen molar-refractivity contribution in [1.29, 1.82) is 0 Å². The molecule has 0 atom stereocenters. The molecule has 2 aromatic rings. The molecule has 7 heteroatoms. The monoisotopic (exact) mass is 349 g/mol. The van der Waals surface area contributed by atoms with Gasteiger partial charge < -0.3 is 15.4 Å². The number of nitrogens with one attached hydrogen (secondary N) is 2. The van der Waals surface area contributed by atoms with Gasteiger partial charge in [-0.05, 0) is 63.2 Å². The van der Waals surface area contributed by atoms with Gasteiger partial charge in [-0.2, -0.15) is 0 Å². The van der Waals surface area contributed by atoms with Crippen LogP contribution in [-0.2, 0) is 4.74 Å². The molecule has 0 fully saturated rings. The molecule has 23 heavy (non-hydrogen) atoms. The number of ether oxygens (including phenoxy) is 1. The molecule has 122 valence electrons. The van der Waals surface area contributed by atoms with Crippen molar-refractivity contribution < 1.29 is 9.53 Å². The SMILES string of the molecule is CCOC(=O)c1c(NC(=S)Nc2cc(C)ccn2)sc(C)c1C. The van der Waals surface area contributed by atoms with Gasteiger partial charge in [-0.1, -0.05) is 0 Å². The molecule has 2 heterocycles. The molecule has 2 N–H and O–H groups in total. The van der Waals surface area contributed by atoms with Crippen LogP contribution in [0.3, 0.4) is 0 Å². The highest BCUT2D eigenvalue weighted by Crippen LogP contribution is 2.33. The van der Waals surface area contributed by atoms with Gasteiger partial charge in [0.25, 0.3) is 0 Å². The maximum atomic E-state index is 12.2. The second-order valence-corrected chi connectivity index (χ2v) is 6.64. The Balaban J connectivity index is 2.17. The van der Waals surface area contributed by atoms with Crippen molar-refractivity contribution in [1.82, 2.24) is 4.98 Å². The third-order valence-corrected chi connectivity index (χ3v) is 4.58. The first-order chi connectivity index (χ1) is 10.9. The lowest BCUT2D eigenvalue weighted by Gasteiger charge is -2.10. The van der Waals surface area contributed by atoms with Gasteiger partial charge in [-0.15, -0.1) is 11.3 Å². The third kappa shape index (κ3) is 4.27. The standard InChI is InChI=1S/C16H19N3O2S2/c1-5-21-15(20)13-10(3)11(4)23-14(13)19-16(22)18-12-8-9(2)6-7-17-12/h6-8H,5H2,1-4H3,(H2,17,18,19,22). The summed E-state index contributed by atoms with van der Waals surface area (Å²) in [6.45, 7) is 7.97. The molecule has 0 amide bonds. The number of carbonyl (C=O) groups excluding carboxylic acids is 1. The van der Waals surface area contributed by atoms with E-state index < -0.39 is 0 Å². The Morgan fingerprint density at radius 3 is 2.74 bits per heavy atom. The van der Waals surface area contributed by atoms with E-state index >= 15 is 0 Å². The number of thiophene rings is 1. The van der Waals surface area contributed by atoms with Crippen LogP contribution in [0.5, 0.6) is 0 Å². The van der Waals surface area contributed by atoms with Gasteiger partial charge in [-0.3, -0.25) is 0 Å². The number of nitrogens with zero attached hydrogens (tertiary/aromatic N) is 1. The van der Waals surface area contributed by atoms with E-state index in [1.54, 1.807) is 13.1 Å². The second-order valence-electron chi connectivity index (χ2n) is 5.01. The minimum absolute atomic E-state index is 0.336. The molecule has 0 aromatic carbocycles. The van der Waals surface area contributed by atoms with Crippen LogP contribution in [0.15, 0.2) is 18.3 Å². The second kappa shape index (κ2) is 7.52. The Bertz CT molecular complexity index is 741. The van der Waals surface area contributed by atoms with E-state index in [1.165, 1.54) is 11.3 Å². The Hall–Kier alpha value is -1.99. The number of aryl methyl sites for hydroxylation is 2. The lowest BCUT2D eigenvalue weighted by molar-refractivity contribution is 0.0527. The number of aromatic nitrogens is 1. The van der Waals surface area contributed by atoms with Crippen molar-refractivity contribution in [3.63, 3.8) is 0 Å². The number of pyridine rings is 1. The van der Waals surface area contributed by atoms with Crippen LogP contribution in [0.2, 0.25) is 0 Å². The van der Waals surface area contributed by atoms with Crippen molar-refractivity contribution in [2.45, 2.75) is 27.7 Å². The highest BCUT2D eigenvalue weighted by Gasteiger charge is 2.21. The van der Waals surface area contributed by atoms with E-state index in [9.17, 15) is 4.79 Å². The fourth-order valence-corrected chi connectivity index (χ4v) is 3.34. The minimum atomic E-state index is -0.340. The summed E-state index contributed by atoms with van der Waals surface area (Å²) >= 11 is 6.79. The van der Waals surface area contributed by atoms with E-state index in [1.807, 2.05) is 32.9 Å². The van der Waals surface area contributed by atoms with Crippen LogP contribution in [0.1, 0.15) is 33.3 Å². The summed E-state index contributed by atoms with van der Waals surface area (Å²) in [4.78, 5) is 17.4. The molecular weight excluding hydrogens is 330 g/mol. The summed E-state index contributed by atoms with van der Waals surface area (Å²) in [5.74, 6) is 0.318. The fraction of sp³-hybridized carbons (Fsp3) is 0.312.